The van der Waals surface area contributed by atoms with Gasteiger partial charge in [0, 0.05) is 5.57 Å². The lowest BCUT2D eigenvalue weighted by Gasteiger charge is -2.07. The van der Waals surface area contributed by atoms with Gasteiger partial charge in [-0.15, -0.1) is 0 Å². The van der Waals surface area contributed by atoms with Gasteiger partial charge in [0.1, 0.15) is 16.0 Å². The quantitative estimate of drug-likeness (QED) is 0.559. The molecule has 0 spiro atoms. The first-order valence-corrected chi connectivity index (χ1v) is 10.3. The minimum absolute atomic E-state index is 0.0262. The number of hydrogen-bond acceptors (Lipinski definition) is 6. The number of nitriles is 1. The Morgan fingerprint density at radius 1 is 1.11 bits per heavy atom. The summed E-state index contributed by atoms with van der Waals surface area (Å²) in [4.78, 5) is 0.0262. The summed E-state index contributed by atoms with van der Waals surface area (Å²) in [5.41, 5.74) is 3.62. The Hall–Kier alpha value is -2.82. The van der Waals surface area contributed by atoms with Gasteiger partial charge in [-0.25, -0.2) is 0 Å². The lowest BCUT2D eigenvalue weighted by molar-refractivity contribution is 0.340. The van der Waals surface area contributed by atoms with Crippen LogP contribution in [0.5, 0.6) is 0 Å². The zero-order valence-electron chi connectivity index (χ0n) is 14.7. The molecule has 1 aliphatic heterocycles. The van der Waals surface area contributed by atoms with Gasteiger partial charge in [0.25, 0.3) is 0 Å². The first-order chi connectivity index (χ1) is 12.9. The molecule has 1 aliphatic rings. The molecule has 0 saturated carbocycles. The topological polar surface area (TPSA) is 79.5 Å². The predicted octanol–water partition coefficient (Wildman–Crippen LogP) is 4.56. The highest BCUT2D eigenvalue weighted by Crippen LogP contribution is 2.32. The molecule has 0 N–H and O–H groups in total. The van der Waals surface area contributed by atoms with Gasteiger partial charge >= 0.3 is 10.1 Å². The average molecular weight is 396 g/mol. The molecule has 0 unspecified atom stereocenters. The maximum atomic E-state index is 12.3. The molecule has 0 bridgehead atoms. The van der Waals surface area contributed by atoms with Crippen LogP contribution in [0.15, 0.2) is 75.6 Å². The molecule has 7 heteroatoms. The molecule has 136 valence electrons. The van der Waals surface area contributed by atoms with Gasteiger partial charge in [0.2, 0.25) is 0 Å². The second-order valence-electron chi connectivity index (χ2n) is 5.87. The normalized spacial score (nSPS) is 17.0. The summed E-state index contributed by atoms with van der Waals surface area (Å²) in [5, 5.41) is 15.5. The molecule has 0 saturated heterocycles. The Balaban J connectivity index is 1.96. The molecule has 0 atom stereocenters. The fraction of sp³-hybridized carbons (Fsp3) is 0.100. The number of hydrogen-bond donors (Lipinski definition) is 0. The highest BCUT2D eigenvalue weighted by molar-refractivity contribution is 8.17. The van der Waals surface area contributed by atoms with E-state index in [-0.39, 0.29) is 4.90 Å². The Morgan fingerprint density at radius 2 is 1.81 bits per heavy atom. The zero-order valence-corrected chi connectivity index (χ0v) is 16.3. The number of nitrogens with zero attached hydrogens (tertiary/aromatic N) is 2. The fourth-order valence-electron chi connectivity index (χ4n) is 2.51. The summed E-state index contributed by atoms with van der Waals surface area (Å²) in [5.74, 6) is 0. The number of benzene rings is 2. The molecule has 5 nitrogen and oxygen atoms in total. The summed E-state index contributed by atoms with van der Waals surface area (Å²) in [7, 11) is -4.03. The van der Waals surface area contributed by atoms with Crippen LogP contribution in [0, 0.1) is 25.2 Å². The zero-order chi connectivity index (χ0) is 19.4. The molecule has 2 aromatic carbocycles. The maximum Gasteiger partial charge on any atom is 0.358 e. The third-order valence-corrected chi connectivity index (χ3v) is 5.88. The third kappa shape index (κ3) is 4.13. The van der Waals surface area contributed by atoms with Crippen molar-refractivity contribution in [3.63, 3.8) is 0 Å². The van der Waals surface area contributed by atoms with Crippen LogP contribution < -0.4 is 0 Å². The van der Waals surface area contributed by atoms with E-state index in [9.17, 15) is 13.7 Å². The van der Waals surface area contributed by atoms with Gasteiger partial charge in [0.15, 0.2) is 0 Å². The number of thioether (sulfide) groups is 1. The van der Waals surface area contributed by atoms with E-state index in [4.69, 9.17) is 4.28 Å². The summed E-state index contributed by atoms with van der Waals surface area (Å²) < 4.78 is 29.5. The van der Waals surface area contributed by atoms with Crippen LogP contribution in [0.25, 0.3) is 5.57 Å². The van der Waals surface area contributed by atoms with Gasteiger partial charge < -0.3 is 0 Å². The number of allylic oxidation sites excluding steroid dienone is 2. The van der Waals surface area contributed by atoms with Gasteiger partial charge in [0.05, 0.1) is 5.57 Å². The Kier molecular flexibility index (Phi) is 5.49. The van der Waals surface area contributed by atoms with E-state index >= 15 is 0 Å². The summed E-state index contributed by atoms with van der Waals surface area (Å²) in [6.45, 7) is 3.78. The lowest BCUT2D eigenvalue weighted by Crippen LogP contribution is -2.05. The smallest absolute Gasteiger partial charge is 0.264 e. The van der Waals surface area contributed by atoms with Gasteiger partial charge in [-0.2, -0.15) is 13.7 Å². The van der Waals surface area contributed by atoms with Crippen molar-refractivity contribution < 1.29 is 12.7 Å². The first kappa shape index (κ1) is 19.0. The number of rotatable bonds is 4. The maximum absolute atomic E-state index is 12.3. The van der Waals surface area contributed by atoms with Gasteiger partial charge in [-0.05, 0) is 48.6 Å². The standard InChI is InChI=1S/C20H16N2O3S2/c1-14-7-9-16(10-8-14)27(23,24)25-22-20-18(11-12-26-20)19(13-21)17-6-4-3-5-15(17)2/h3-12H,1-2H3/b19-18+,22-20+. The van der Waals surface area contributed by atoms with Crippen LogP contribution in [0.4, 0.5) is 0 Å². The molecule has 0 radical (unpaired) electrons. The second-order valence-corrected chi connectivity index (χ2v) is 8.30. The highest BCUT2D eigenvalue weighted by Gasteiger charge is 2.21. The molecule has 0 amide bonds. The van der Waals surface area contributed by atoms with Crippen LogP contribution in [0.1, 0.15) is 16.7 Å². The molecule has 0 aromatic heterocycles. The van der Waals surface area contributed by atoms with Crippen molar-refractivity contribution in [3.8, 4) is 6.07 Å². The Labute approximate surface area is 162 Å². The van der Waals surface area contributed by atoms with Crippen LogP contribution in [0.3, 0.4) is 0 Å². The SMILES string of the molecule is Cc1ccc(S(=O)(=O)O/N=C2/SC=C/C2=C(/C#N)c2ccccc2C)cc1. The van der Waals surface area contributed by atoms with Crippen LogP contribution in [-0.2, 0) is 14.4 Å². The molecular formula is C20H16N2O3S2. The summed E-state index contributed by atoms with van der Waals surface area (Å²) in [6, 6.07) is 16.0. The molecular weight excluding hydrogens is 380 g/mol. The predicted molar refractivity (Wildman–Crippen MR) is 107 cm³/mol. The van der Waals surface area contributed by atoms with E-state index in [2.05, 4.69) is 11.2 Å². The van der Waals surface area contributed by atoms with Gasteiger partial charge in [-0.1, -0.05) is 58.9 Å². The van der Waals surface area contributed by atoms with E-state index in [0.29, 0.717) is 16.2 Å². The molecule has 27 heavy (non-hydrogen) atoms. The minimum Gasteiger partial charge on any atom is -0.264 e. The lowest BCUT2D eigenvalue weighted by atomic mass is 9.97. The van der Waals surface area contributed by atoms with E-state index in [1.807, 2.05) is 38.1 Å². The molecule has 0 aliphatic carbocycles. The number of oxime groups is 1. The minimum atomic E-state index is -4.03. The van der Waals surface area contributed by atoms with Crippen LogP contribution in [-0.4, -0.2) is 13.5 Å². The third-order valence-electron chi connectivity index (χ3n) is 3.97. The van der Waals surface area contributed by atoms with Crippen molar-refractivity contribution in [2.24, 2.45) is 5.16 Å². The van der Waals surface area contributed by atoms with E-state index in [0.717, 1.165) is 16.7 Å². The van der Waals surface area contributed by atoms with Crippen molar-refractivity contribution in [1.82, 2.24) is 0 Å². The monoisotopic (exact) mass is 396 g/mol. The molecule has 0 fully saturated rings. The van der Waals surface area contributed by atoms with E-state index in [1.165, 1.54) is 23.9 Å². The van der Waals surface area contributed by atoms with Crippen LogP contribution >= 0.6 is 11.8 Å². The summed E-state index contributed by atoms with van der Waals surface area (Å²) in [6.07, 6.45) is 1.73. The van der Waals surface area contributed by atoms with Crippen molar-refractivity contribution in [2.75, 3.05) is 0 Å². The second kappa shape index (κ2) is 7.82. The van der Waals surface area contributed by atoms with Gasteiger partial charge in [-0.3, -0.25) is 4.28 Å². The van der Waals surface area contributed by atoms with E-state index < -0.39 is 10.1 Å². The van der Waals surface area contributed by atoms with Crippen molar-refractivity contribution in [2.45, 2.75) is 18.7 Å². The summed E-state index contributed by atoms with van der Waals surface area (Å²) >= 11 is 1.20. The highest BCUT2D eigenvalue weighted by atomic mass is 32.2. The number of aryl methyl sites for hydroxylation is 2. The van der Waals surface area contributed by atoms with Crippen molar-refractivity contribution >= 4 is 32.5 Å². The van der Waals surface area contributed by atoms with E-state index in [1.54, 1.807) is 23.6 Å². The van der Waals surface area contributed by atoms with Crippen LogP contribution in [0.2, 0.25) is 0 Å². The Morgan fingerprint density at radius 3 is 2.48 bits per heavy atom. The molecule has 1 heterocycles. The Bertz CT molecular complexity index is 1110. The average Bonchev–Trinajstić information content (AvgIpc) is 3.11. The van der Waals surface area contributed by atoms with Crippen molar-refractivity contribution in [1.29, 1.82) is 5.26 Å². The first-order valence-electron chi connectivity index (χ1n) is 8.04. The molecule has 2 aromatic rings. The fourth-order valence-corrected chi connectivity index (χ4v) is 4.00. The molecule has 3 rings (SSSR count). The van der Waals surface area contributed by atoms with Crippen molar-refractivity contribution in [3.05, 3.63) is 82.3 Å². The largest absolute Gasteiger partial charge is 0.358 e.